The summed E-state index contributed by atoms with van der Waals surface area (Å²) < 4.78 is 6.89. The smallest absolute Gasteiger partial charge is 0.339 e. The predicted octanol–water partition coefficient (Wildman–Crippen LogP) is 1.75. The molecular formula is C11H10ClN3O3. The standard InChI is InChI=1S/C11H10ClN3O3/c1-15-10(9(5-14-15)11(16)17)6-18-8-2-7(12)3-13-4-8/h2-5H,6H2,1H3,(H,16,17). The van der Waals surface area contributed by atoms with Gasteiger partial charge in [-0.3, -0.25) is 9.67 Å². The van der Waals surface area contributed by atoms with Crippen molar-refractivity contribution in [2.45, 2.75) is 6.61 Å². The molecule has 0 aliphatic carbocycles. The fraction of sp³-hybridized carbons (Fsp3) is 0.182. The van der Waals surface area contributed by atoms with Crippen LogP contribution in [0.2, 0.25) is 5.02 Å². The Hall–Kier alpha value is -2.08. The summed E-state index contributed by atoms with van der Waals surface area (Å²) in [5, 5.41) is 13.3. The van der Waals surface area contributed by atoms with Gasteiger partial charge in [0, 0.05) is 19.3 Å². The number of halogens is 1. The maximum absolute atomic E-state index is 11.0. The van der Waals surface area contributed by atoms with E-state index in [0.29, 0.717) is 16.5 Å². The summed E-state index contributed by atoms with van der Waals surface area (Å²) in [5.41, 5.74) is 0.593. The summed E-state index contributed by atoms with van der Waals surface area (Å²) in [4.78, 5) is 14.8. The molecule has 0 fully saturated rings. The fourth-order valence-corrected chi connectivity index (χ4v) is 1.60. The van der Waals surface area contributed by atoms with Crippen molar-refractivity contribution in [2.75, 3.05) is 0 Å². The van der Waals surface area contributed by atoms with Gasteiger partial charge in [0.15, 0.2) is 0 Å². The number of nitrogens with zero attached hydrogens (tertiary/aromatic N) is 3. The van der Waals surface area contributed by atoms with Gasteiger partial charge in [-0.1, -0.05) is 11.6 Å². The Balaban J connectivity index is 2.15. The Bertz CT molecular complexity index is 583. The molecule has 0 unspecified atom stereocenters. The molecule has 18 heavy (non-hydrogen) atoms. The van der Waals surface area contributed by atoms with E-state index in [1.807, 2.05) is 0 Å². The molecule has 94 valence electrons. The van der Waals surface area contributed by atoms with Gasteiger partial charge in [0.05, 0.1) is 23.1 Å². The molecule has 1 N–H and O–H groups in total. The van der Waals surface area contributed by atoms with Crippen molar-refractivity contribution in [3.05, 3.63) is 40.9 Å². The second-order valence-electron chi connectivity index (χ2n) is 3.56. The maximum atomic E-state index is 11.0. The number of ether oxygens (including phenoxy) is 1. The van der Waals surface area contributed by atoms with E-state index >= 15 is 0 Å². The highest BCUT2D eigenvalue weighted by molar-refractivity contribution is 6.30. The van der Waals surface area contributed by atoms with E-state index in [1.165, 1.54) is 23.3 Å². The zero-order valence-electron chi connectivity index (χ0n) is 9.50. The fourth-order valence-electron chi connectivity index (χ4n) is 1.44. The van der Waals surface area contributed by atoms with Crippen LogP contribution >= 0.6 is 11.6 Å². The molecular weight excluding hydrogens is 258 g/mol. The van der Waals surface area contributed by atoms with Crippen LogP contribution in [-0.2, 0) is 13.7 Å². The van der Waals surface area contributed by atoms with Crippen LogP contribution in [0.4, 0.5) is 0 Å². The molecule has 2 heterocycles. The number of aromatic carboxylic acids is 1. The lowest BCUT2D eigenvalue weighted by Gasteiger charge is -2.07. The first-order chi connectivity index (χ1) is 8.58. The second-order valence-corrected chi connectivity index (χ2v) is 4.00. The van der Waals surface area contributed by atoms with Crippen LogP contribution in [0.1, 0.15) is 16.1 Å². The lowest BCUT2D eigenvalue weighted by Crippen LogP contribution is -2.08. The Morgan fingerprint density at radius 3 is 2.94 bits per heavy atom. The van der Waals surface area contributed by atoms with Crippen molar-refractivity contribution in [1.82, 2.24) is 14.8 Å². The summed E-state index contributed by atoms with van der Waals surface area (Å²) in [7, 11) is 1.65. The van der Waals surface area contributed by atoms with Gasteiger partial charge in [0.1, 0.15) is 17.9 Å². The molecule has 0 atom stereocenters. The molecule has 0 spiro atoms. The van der Waals surface area contributed by atoms with Gasteiger partial charge in [-0.25, -0.2) is 4.79 Å². The van der Waals surface area contributed by atoms with Crippen molar-refractivity contribution in [1.29, 1.82) is 0 Å². The zero-order valence-corrected chi connectivity index (χ0v) is 10.3. The number of carboxylic acids is 1. The average molecular weight is 268 g/mol. The highest BCUT2D eigenvalue weighted by Crippen LogP contribution is 2.17. The molecule has 0 saturated heterocycles. The maximum Gasteiger partial charge on any atom is 0.339 e. The number of hydrogen-bond donors (Lipinski definition) is 1. The SMILES string of the molecule is Cn1ncc(C(=O)O)c1COc1cncc(Cl)c1. The van der Waals surface area contributed by atoms with E-state index < -0.39 is 5.97 Å². The lowest BCUT2D eigenvalue weighted by atomic mass is 10.2. The summed E-state index contributed by atoms with van der Waals surface area (Å²) in [5.74, 6) is -0.564. The van der Waals surface area contributed by atoms with Crippen LogP contribution in [0.5, 0.6) is 5.75 Å². The third-order valence-corrected chi connectivity index (χ3v) is 2.55. The lowest BCUT2D eigenvalue weighted by molar-refractivity contribution is 0.0693. The van der Waals surface area contributed by atoms with Crippen molar-refractivity contribution in [2.24, 2.45) is 7.05 Å². The zero-order chi connectivity index (χ0) is 13.1. The van der Waals surface area contributed by atoms with E-state index in [-0.39, 0.29) is 12.2 Å². The molecule has 0 aliphatic rings. The normalized spacial score (nSPS) is 10.3. The van der Waals surface area contributed by atoms with Gasteiger partial charge in [-0.2, -0.15) is 5.10 Å². The summed E-state index contributed by atoms with van der Waals surface area (Å²) >= 11 is 5.76. The first-order valence-electron chi connectivity index (χ1n) is 5.05. The van der Waals surface area contributed by atoms with Gasteiger partial charge in [-0.05, 0) is 0 Å². The van der Waals surface area contributed by atoms with Gasteiger partial charge in [-0.15, -0.1) is 0 Å². The average Bonchev–Trinajstić information content (AvgIpc) is 2.68. The monoisotopic (exact) mass is 267 g/mol. The van der Waals surface area contributed by atoms with E-state index in [9.17, 15) is 4.79 Å². The van der Waals surface area contributed by atoms with Crippen LogP contribution in [0.3, 0.4) is 0 Å². The molecule has 0 aromatic carbocycles. The molecule has 6 nitrogen and oxygen atoms in total. The second kappa shape index (κ2) is 5.05. The Kier molecular flexibility index (Phi) is 3.47. The first-order valence-corrected chi connectivity index (χ1v) is 5.43. The van der Waals surface area contributed by atoms with Gasteiger partial charge in [0.2, 0.25) is 0 Å². The van der Waals surface area contributed by atoms with Gasteiger partial charge < -0.3 is 9.84 Å². The quantitative estimate of drug-likeness (QED) is 0.913. The highest BCUT2D eigenvalue weighted by atomic mass is 35.5. The number of carbonyl (C=O) groups is 1. The van der Waals surface area contributed by atoms with Crippen LogP contribution in [-0.4, -0.2) is 25.8 Å². The van der Waals surface area contributed by atoms with Crippen LogP contribution in [0, 0.1) is 0 Å². The molecule has 2 aromatic heterocycles. The van der Waals surface area contributed by atoms with Crippen molar-refractivity contribution < 1.29 is 14.6 Å². The van der Waals surface area contributed by atoms with Crippen LogP contribution in [0.25, 0.3) is 0 Å². The topological polar surface area (TPSA) is 77.2 Å². The van der Waals surface area contributed by atoms with Crippen molar-refractivity contribution in [3.63, 3.8) is 0 Å². The van der Waals surface area contributed by atoms with E-state index in [4.69, 9.17) is 21.4 Å². The van der Waals surface area contributed by atoms with Gasteiger partial charge in [0.25, 0.3) is 0 Å². The number of aromatic nitrogens is 3. The number of rotatable bonds is 4. The molecule has 0 aliphatic heterocycles. The molecule has 0 radical (unpaired) electrons. The number of aryl methyl sites for hydroxylation is 1. The molecule has 0 saturated carbocycles. The number of carboxylic acid groups (broad SMARTS) is 1. The summed E-state index contributed by atoms with van der Waals surface area (Å²) in [6.45, 7) is 0.0835. The minimum Gasteiger partial charge on any atom is -0.486 e. The summed E-state index contributed by atoms with van der Waals surface area (Å²) in [6.07, 6.45) is 4.28. The third kappa shape index (κ3) is 2.60. The Labute approximate surface area is 108 Å². The van der Waals surface area contributed by atoms with Crippen LogP contribution < -0.4 is 4.74 Å². The van der Waals surface area contributed by atoms with Crippen molar-refractivity contribution >= 4 is 17.6 Å². The largest absolute Gasteiger partial charge is 0.486 e. The molecule has 2 aromatic rings. The van der Waals surface area contributed by atoms with Gasteiger partial charge >= 0.3 is 5.97 Å². The van der Waals surface area contributed by atoms with E-state index in [0.717, 1.165) is 0 Å². The minimum absolute atomic E-state index is 0.0835. The van der Waals surface area contributed by atoms with Crippen molar-refractivity contribution in [3.8, 4) is 5.75 Å². The molecule has 0 amide bonds. The predicted molar refractivity (Wildman–Crippen MR) is 63.7 cm³/mol. The van der Waals surface area contributed by atoms with E-state index in [1.54, 1.807) is 13.1 Å². The highest BCUT2D eigenvalue weighted by Gasteiger charge is 2.15. The molecule has 7 heteroatoms. The Morgan fingerprint density at radius 1 is 1.50 bits per heavy atom. The molecule has 2 rings (SSSR count). The van der Waals surface area contributed by atoms with E-state index in [2.05, 4.69) is 10.1 Å². The molecule has 0 bridgehead atoms. The number of pyridine rings is 1. The third-order valence-electron chi connectivity index (χ3n) is 2.35. The minimum atomic E-state index is -1.04. The summed E-state index contributed by atoms with van der Waals surface area (Å²) in [6, 6.07) is 1.60. The first kappa shape index (κ1) is 12.4. The van der Waals surface area contributed by atoms with Crippen LogP contribution in [0.15, 0.2) is 24.7 Å². The Morgan fingerprint density at radius 2 is 2.28 bits per heavy atom. The number of hydrogen-bond acceptors (Lipinski definition) is 4.